The number of hydrogen-bond donors (Lipinski definition) is 1. The van der Waals surface area contributed by atoms with Gasteiger partial charge in [-0.15, -0.1) is 0 Å². The van der Waals surface area contributed by atoms with E-state index in [0.717, 1.165) is 19.4 Å². The summed E-state index contributed by atoms with van der Waals surface area (Å²) in [5, 5.41) is 2.88. The molecule has 4 heteroatoms. The van der Waals surface area contributed by atoms with Crippen LogP contribution in [0.2, 0.25) is 0 Å². The highest BCUT2D eigenvalue weighted by Crippen LogP contribution is 2.15. The molecular weight excluding hydrogens is 168 g/mol. The number of nitrogens with zero attached hydrogens (tertiary/aromatic N) is 1. The van der Waals surface area contributed by atoms with Crippen LogP contribution in [0, 0.1) is 0 Å². The fourth-order valence-corrected chi connectivity index (χ4v) is 1.41. The maximum absolute atomic E-state index is 11.3. The molecular formula is C9H18N2O2. The molecule has 2 amide bonds. The Hall–Kier alpha value is -0.770. The maximum Gasteiger partial charge on any atom is 0.317 e. The van der Waals surface area contributed by atoms with E-state index in [9.17, 15) is 4.79 Å². The summed E-state index contributed by atoms with van der Waals surface area (Å²) in [5.41, 5.74) is 0. The van der Waals surface area contributed by atoms with E-state index in [1.54, 1.807) is 14.1 Å². The molecule has 1 heterocycles. The molecule has 1 rings (SSSR count). The van der Waals surface area contributed by atoms with Gasteiger partial charge in [0.1, 0.15) is 0 Å². The number of carbonyl (C=O) groups is 1. The number of amides is 2. The highest BCUT2D eigenvalue weighted by molar-refractivity contribution is 5.73. The van der Waals surface area contributed by atoms with Gasteiger partial charge in [-0.1, -0.05) is 0 Å². The molecule has 0 radical (unpaired) electrons. The summed E-state index contributed by atoms with van der Waals surface area (Å²) in [6.07, 6.45) is 2.35. The molecule has 0 spiro atoms. The van der Waals surface area contributed by atoms with Crippen LogP contribution in [0.5, 0.6) is 0 Å². The number of hydrogen-bond acceptors (Lipinski definition) is 2. The van der Waals surface area contributed by atoms with E-state index in [4.69, 9.17) is 4.74 Å². The lowest BCUT2D eigenvalue weighted by atomic mass is 10.1. The van der Waals surface area contributed by atoms with Gasteiger partial charge in [0.15, 0.2) is 0 Å². The van der Waals surface area contributed by atoms with Crippen LogP contribution in [0.4, 0.5) is 4.79 Å². The largest absolute Gasteiger partial charge is 0.376 e. The van der Waals surface area contributed by atoms with Gasteiger partial charge in [-0.3, -0.25) is 0 Å². The molecule has 0 aliphatic carbocycles. The van der Waals surface area contributed by atoms with E-state index in [1.165, 1.54) is 4.90 Å². The predicted octanol–water partition coefficient (Wildman–Crippen LogP) is 0.825. The van der Waals surface area contributed by atoms with Crippen molar-refractivity contribution < 1.29 is 9.53 Å². The summed E-state index contributed by atoms with van der Waals surface area (Å²) >= 11 is 0. The van der Waals surface area contributed by atoms with Crippen molar-refractivity contribution in [1.82, 2.24) is 10.2 Å². The Kier molecular flexibility index (Phi) is 3.54. The topological polar surface area (TPSA) is 41.6 Å². The molecule has 13 heavy (non-hydrogen) atoms. The van der Waals surface area contributed by atoms with Crippen LogP contribution in [-0.4, -0.2) is 43.8 Å². The van der Waals surface area contributed by atoms with Gasteiger partial charge < -0.3 is 15.0 Å². The summed E-state index contributed by atoms with van der Waals surface area (Å²) in [7, 11) is 3.47. The molecule has 0 aromatic rings. The Bertz CT molecular complexity index is 176. The van der Waals surface area contributed by atoms with E-state index in [-0.39, 0.29) is 18.2 Å². The first kappa shape index (κ1) is 10.3. The van der Waals surface area contributed by atoms with Crippen molar-refractivity contribution >= 4 is 6.03 Å². The molecule has 1 saturated heterocycles. The number of urea groups is 1. The zero-order valence-electron chi connectivity index (χ0n) is 8.54. The first-order valence-electron chi connectivity index (χ1n) is 4.70. The monoisotopic (exact) mass is 186 g/mol. The van der Waals surface area contributed by atoms with Gasteiger partial charge in [-0.05, 0) is 19.8 Å². The minimum Gasteiger partial charge on any atom is -0.376 e. The van der Waals surface area contributed by atoms with E-state index >= 15 is 0 Å². The third kappa shape index (κ3) is 2.88. The molecule has 2 unspecified atom stereocenters. The first-order valence-corrected chi connectivity index (χ1v) is 4.70. The molecule has 1 fully saturated rings. The summed E-state index contributed by atoms with van der Waals surface area (Å²) in [5.74, 6) is 0. The Morgan fingerprint density at radius 3 is 2.77 bits per heavy atom. The van der Waals surface area contributed by atoms with Gasteiger partial charge in [-0.25, -0.2) is 4.79 Å². The van der Waals surface area contributed by atoms with Crippen molar-refractivity contribution in [3.63, 3.8) is 0 Å². The fourth-order valence-electron chi connectivity index (χ4n) is 1.41. The molecule has 4 nitrogen and oxygen atoms in total. The average Bonchev–Trinajstić information content (AvgIpc) is 2.55. The number of carbonyl (C=O) groups excluding carboxylic acids is 1. The van der Waals surface area contributed by atoms with Gasteiger partial charge in [0, 0.05) is 20.7 Å². The SMILES string of the molecule is CC(NC(=O)N(C)C)C1CCCO1. The van der Waals surface area contributed by atoms with Crippen LogP contribution >= 0.6 is 0 Å². The molecule has 0 aromatic heterocycles. The lowest BCUT2D eigenvalue weighted by Crippen LogP contribution is -2.45. The Labute approximate surface area is 79.2 Å². The second-order valence-electron chi connectivity index (χ2n) is 3.68. The van der Waals surface area contributed by atoms with Crippen molar-refractivity contribution in [2.24, 2.45) is 0 Å². The van der Waals surface area contributed by atoms with E-state index in [0.29, 0.717) is 0 Å². The molecule has 76 valence electrons. The van der Waals surface area contributed by atoms with Crippen molar-refractivity contribution in [3.8, 4) is 0 Å². The van der Waals surface area contributed by atoms with Crippen LogP contribution < -0.4 is 5.32 Å². The quantitative estimate of drug-likeness (QED) is 0.694. The van der Waals surface area contributed by atoms with Crippen molar-refractivity contribution in [1.29, 1.82) is 0 Å². The van der Waals surface area contributed by atoms with Gasteiger partial charge >= 0.3 is 6.03 Å². The predicted molar refractivity (Wildman–Crippen MR) is 50.7 cm³/mol. The highest BCUT2D eigenvalue weighted by Gasteiger charge is 2.23. The molecule has 0 bridgehead atoms. The Morgan fingerprint density at radius 2 is 2.31 bits per heavy atom. The summed E-state index contributed by atoms with van der Waals surface area (Å²) in [6.45, 7) is 2.81. The second kappa shape index (κ2) is 4.46. The van der Waals surface area contributed by atoms with E-state index in [1.807, 2.05) is 6.92 Å². The van der Waals surface area contributed by atoms with Crippen LogP contribution in [0.3, 0.4) is 0 Å². The first-order chi connectivity index (χ1) is 6.11. The third-order valence-electron chi connectivity index (χ3n) is 2.28. The fraction of sp³-hybridized carbons (Fsp3) is 0.889. The van der Waals surface area contributed by atoms with Crippen molar-refractivity contribution in [2.75, 3.05) is 20.7 Å². The lowest BCUT2D eigenvalue weighted by Gasteiger charge is -2.22. The smallest absolute Gasteiger partial charge is 0.317 e. The van der Waals surface area contributed by atoms with E-state index in [2.05, 4.69) is 5.32 Å². The van der Waals surface area contributed by atoms with Gasteiger partial charge in [0.05, 0.1) is 12.1 Å². The van der Waals surface area contributed by atoms with Crippen molar-refractivity contribution in [2.45, 2.75) is 31.9 Å². The maximum atomic E-state index is 11.3. The summed E-state index contributed by atoms with van der Waals surface area (Å²) in [6, 6.07) is 0.0559. The molecule has 1 aliphatic heterocycles. The van der Waals surface area contributed by atoms with Crippen LogP contribution in [0.15, 0.2) is 0 Å². The van der Waals surface area contributed by atoms with Gasteiger partial charge in [-0.2, -0.15) is 0 Å². The van der Waals surface area contributed by atoms with Crippen LogP contribution in [0.1, 0.15) is 19.8 Å². The zero-order valence-corrected chi connectivity index (χ0v) is 8.54. The standard InChI is InChI=1S/C9H18N2O2/c1-7(8-5-4-6-13-8)10-9(12)11(2)3/h7-8H,4-6H2,1-3H3,(H,10,12). The molecule has 2 atom stereocenters. The number of ether oxygens (including phenoxy) is 1. The Morgan fingerprint density at radius 1 is 1.62 bits per heavy atom. The Balaban J connectivity index is 2.31. The highest BCUT2D eigenvalue weighted by atomic mass is 16.5. The average molecular weight is 186 g/mol. The molecule has 1 N–H and O–H groups in total. The minimum atomic E-state index is -0.0528. The summed E-state index contributed by atoms with van der Waals surface area (Å²) in [4.78, 5) is 12.8. The second-order valence-corrected chi connectivity index (χ2v) is 3.68. The normalized spacial score (nSPS) is 24.1. The van der Waals surface area contributed by atoms with Crippen LogP contribution in [0.25, 0.3) is 0 Å². The summed E-state index contributed by atoms with van der Waals surface area (Å²) < 4.78 is 5.46. The number of nitrogens with one attached hydrogen (secondary N) is 1. The van der Waals surface area contributed by atoms with E-state index < -0.39 is 0 Å². The zero-order chi connectivity index (χ0) is 9.84. The lowest BCUT2D eigenvalue weighted by molar-refractivity contribution is 0.0844. The molecule has 0 saturated carbocycles. The molecule has 0 aromatic carbocycles. The number of rotatable bonds is 2. The van der Waals surface area contributed by atoms with Gasteiger partial charge in [0.2, 0.25) is 0 Å². The third-order valence-corrected chi connectivity index (χ3v) is 2.28. The van der Waals surface area contributed by atoms with Crippen LogP contribution in [-0.2, 0) is 4.74 Å². The van der Waals surface area contributed by atoms with Crippen molar-refractivity contribution in [3.05, 3.63) is 0 Å². The van der Waals surface area contributed by atoms with Gasteiger partial charge in [0.25, 0.3) is 0 Å². The molecule has 1 aliphatic rings. The minimum absolute atomic E-state index is 0.0528.